The topological polar surface area (TPSA) is 136 Å². The third-order valence-corrected chi connectivity index (χ3v) is 12.7. The molecule has 0 radical (unpaired) electrons. The molecular weight excluding hydrogens is 649 g/mol. The molecule has 1 fully saturated rings. The lowest BCUT2D eigenvalue weighted by Gasteiger charge is -2.32. The van der Waals surface area contributed by atoms with Gasteiger partial charge >= 0.3 is 0 Å². The zero-order valence-corrected chi connectivity index (χ0v) is 30.8. The van der Waals surface area contributed by atoms with Gasteiger partial charge in [0.05, 0.1) is 34.8 Å². The predicted molar refractivity (Wildman–Crippen MR) is 197 cm³/mol. The molecule has 0 aliphatic carbocycles. The first-order valence-electron chi connectivity index (χ1n) is 17.5. The number of allylic oxidation sites excluding steroid dienone is 3. The molecule has 0 bridgehead atoms. The van der Waals surface area contributed by atoms with Crippen molar-refractivity contribution in [2.24, 2.45) is 5.92 Å². The Morgan fingerprint density at radius 2 is 1.88 bits per heavy atom. The molecule has 4 atom stereocenters. The normalized spacial score (nSPS) is 22.2. The van der Waals surface area contributed by atoms with E-state index < -0.39 is 20.0 Å². The lowest BCUT2D eigenvalue weighted by molar-refractivity contribution is -0.145. The maximum atomic E-state index is 14.9. The maximum absolute atomic E-state index is 14.9. The number of aliphatic hydroxyl groups is 1. The van der Waals surface area contributed by atoms with Gasteiger partial charge in [-0.05, 0) is 77.4 Å². The summed E-state index contributed by atoms with van der Waals surface area (Å²) in [7, 11) is -2.90. The van der Waals surface area contributed by atoms with Gasteiger partial charge in [0, 0.05) is 54.7 Å². The van der Waals surface area contributed by atoms with E-state index in [0.29, 0.717) is 48.3 Å². The van der Waals surface area contributed by atoms with Gasteiger partial charge in [0.2, 0.25) is 0 Å². The Bertz CT molecular complexity index is 2010. The summed E-state index contributed by atoms with van der Waals surface area (Å²) in [5.74, 6) is -0.531. The predicted octanol–water partition coefficient (Wildman–Crippen LogP) is 5.44. The van der Waals surface area contributed by atoms with E-state index in [9.17, 15) is 19.5 Å². The van der Waals surface area contributed by atoms with Crippen LogP contribution in [0.4, 0.5) is 5.69 Å². The van der Waals surface area contributed by atoms with E-state index in [-0.39, 0.29) is 29.5 Å². The van der Waals surface area contributed by atoms with Gasteiger partial charge in [0.25, 0.3) is 11.5 Å². The molecule has 0 saturated carbocycles. The van der Waals surface area contributed by atoms with Crippen molar-refractivity contribution in [1.82, 2.24) is 24.8 Å². The number of anilines is 1. The van der Waals surface area contributed by atoms with Gasteiger partial charge in [-0.1, -0.05) is 53.6 Å². The second kappa shape index (κ2) is 14.2. The molecule has 264 valence electrons. The smallest absolute Gasteiger partial charge is 0.279 e. The van der Waals surface area contributed by atoms with E-state index in [4.69, 9.17) is 4.74 Å². The monoisotopic (exact) mass is 696 g/mol. The summed E-state index contributed by atoms with van der Waals surface area (Å²) in [6.07, 6.45) is 10.1. The van der Waals surface area contributed by atoms with Gasteiger partial charge in [0.15, 0.2) is 13.9 Å². The molecule has 0 unspecified atom stereocenters. The van der Waals surface area contributed by atoms with Crippen LogP contribution in [0.1, 0.15) is 58.2 Å². The highest BCUT2D eigenvalue weighted by atomic mass is 28.4. The summed E-state index contributed by atoms with van der Waals surface area (Å²) in [6.45, 7) is 12.9. The summed E-state index contributed by atoms with van der Waals surface area (Å²) < 4.78 is 10.1. The Morgan fingerprint density at radius 3 is 2.62 bits per heavy atom. The van der Waals surface area contributed by atoms with Crippen LogP contribution in [0.25, 0.3) is 16.5 Å². The zero-order valence-electron chi connectivity index (χ0n) is 29.8. The van der Waals surface area contributed by atoms with Crippen LogP contribution in [0, 0.1) is 5.92 Å². The fourth-order valence-electron chi connectivity index (χ4n) is 7.80. The van der Waals surface area contributed by atoms with Crippen LogP contribution in [-0.4, -0.2) is 68.2 Å². The average Bonchev–Trinajstić information content (AvgIpc) is 3.72. The number of fused-ring (bicyclic) bond motifs is 3. The number of aromatic nitrogens is 5. The number of aryl methyl sites for hydroxylation is 1. The largest absolute Gasteiger partial charge is 0.432 e. The van der Waals surface area contributed by atoms with Crippen molar-refractivity contribution < 1.29 is 19.4 Å². The van der Waals surface area contributed by atoms with Crippen molar-refractivity contribution in [3.8, 4) is 5.69 Å². The standard InChI is InChI=1S/C38H48N6O5Si/c1-25(2)10-9-11-26(3)16-20-43-33-15-14-30(44-36(46)31-13-8-7-12-28(31)23-39-44)22-32(33)38(37(43)47)27(4)35(50(5,6)48)34(49-38)17-19-42-24-29(18-21-45)40-41-42/h7-8,10,12-16,22-24,27,34-35,45,48H,9,11,17-21H2,1-6H3/b26-16+/t27-,34+,35-,38+/m1/s1. The molecule has 50 heavy (non-hydrogen) atoms. The first-order valence-corrected chi connectivity index (χ1v) is 20.5. The molecule has 1 amide bonds. The number of nitrogens with zero attached hydrogens (tertiary/aromatic N) is 6. The highest BCUT2D eigenvalue weighted by Crippen LogP contribution is 2.59. The Balaban J connectivity index is 1.42. The number of rotatable bonds is 12. The molecule has 1 saturated heterocycles. The van der Waals surface area contributed by atoms with Crippen molar-refractivity contribution in [1.29, 1.82) is 0 Å². The van der Waals surface area contributed by atoms with Gasteiger partial charge in [-0.2, -0.15) is 9.78 Å². The van der Waals surface area contributed by atoms with Crippen LogP contribution < -0.4 is 10.5 Å². The fraction of sp³-hybridized carbons (Fsp3) is 0.447. The van der Waals surface area contributed by atoms with Gasteiger partial charge in [-0.25, -0.2) is 0 Å². The van der Waals surface area contributed by atoms with Gasteiger partial charge < -0.3 is 19.5 Å². The first-order chi connectivity index (χ1) is 23.8. The van der Waals surface area contributed by atoms with E-state index in [1.807, 2.05) is 62.6 Å². The lowest BCUT2D eigenvalue weighted by Crippen LogP contribution is -2.46. The van der Waals surface area contributed by atoms with Crippen LogP contribution in [0.15, 0.2) is 83.0 Å². The molecular formula is C38H48N6O5Si. The number of carbonyl (C=O) groups is 1. The SMILES string of the molecule is CC(C)=CCC/C(C)=C/CN1C(=O)[C@@]2(O[C@@H](CCn3cc(CCO)nn3)[C@H]([Si](C)(C)O)[C@H]2C)c2cc(-n3ncc4ccccc4c3=O)ccc21. The first kappa shape index (κ1) is 35.6. The molecule has 6 rings (SSSR count). The lowest BCUT2D eigenvalue weighted by atomic mass is 9.82. The number of hydrogen-bond donors (Lipinski definition) is 2. The summed E-state index contributed by atoms with van der Waals surface area (Å²) in [6, 6.07) is 13.0. The Labute approximate surface area is 294 Å². The van der Waals surface area contributed by atoms with Crippen molar-refractivity contribution in [2.45, 2.75) is 90.3 Å². The highest BCUT2D eigenvalue weighted by molar-refractivity contribution is 6.71. The number of carbonyl (C=O) groups excluding carboxylic acids is 1. The highest BCUT2D eigenvalue weighted by Gasteiger charge is 2.66. The Morgan fingerprint density at radius 1 is 1.10 bits per heavy atom. The van der Waals surface area contributed by atoms with Crippen molar-refractivity contribution in [3.63, 3.8) is 0 Å². The maximum Gasteiger partial charge on any atom is 0.279 e. The summed E-state index contributed by atoms with van der Waals surface area (Å²) in [5, 5.41) is 23.5. The summed E-state index contributed by atoms with van der Waals surface area (Å²) in [5.41, 5.74) is 3.22. The summed E-state index contributed by atoms with van der Waals surface area (Å²) in [4.78, 5) is 42.1. The van der Waals surface area contributed by atoms with Gasteiger partial charge in [-0.15, -0.1) is 5.10 Å². The van der Waals surface area contributed by atoms with Crippen LogP contribution in [0.5, 0.6) is 0 Å². The Kier molecular flexibility index (Phi) is 10.1. The number of hydrogen-bond acceptors (Lipinski definition) is 8. The average molecular weight is 697 g/mol. The molecule has 4 heterocycles. The van der Waals surface area contributed by atoms with E-state index >= 15 is 0 Å². The van der Waals surface area contributed by atoms with Crippen LogP contribution >= 0.6 is 0 Å². The molecule has 2 aliphatic heterocycles. The minimum absolute atomic E-state index is 0.0120. The van der Waals surface area contributed by atoms with E-state index in [1.165, 1.54) is 15.8 Å². The quantitative estimate of drug-likeness (QED) is 0.148. The van der Waals surface area contributed by atoms with Crippen LogP contribution in [0.2, 0.25) is 18.6 Å². The van der Waals surface area contributed by atoms with E-state index in [2.05, 4.69) is 48.3 Å². The van der Waals surface area contributed by atoms with Gasteiger partial charge in [-0.3, -0.25) is 14.3 Å². The van der Waals surface area contributed by atoms with E-state index in [0.717, 1.165) is 23.9 Å². The molecule has 2 N–H and O–H groups in total. The third kappa shape index (κ3) is 6.64. The molecule has 1 spiro atoms. The van der Waals surface area contributed by atoms with Crippen molar-refractivity contribution in [3.05, 3.63) is 99.8 Å². The number of aliphatic hydroxyl groups excluding tert-OH is 1. The van der Waals surface area contributed by atoms with Crippen molar-refractivity contribution >= 4 is 30.7 Å². The fourth-order valence-corrected chi connectivity index (χ4v) is 10.4. The van der Waals surface area contributed by atoms with Crippen LogP contribution in [0.3, 0.4) is 0 Å². The summed E-state index contributed by atoms with van der Waals surface area (Å²) >= 11 is 0. The third-order valence-electron chi connectivity index (χ3n) is 10.2. The second-order valence-electron chi connectivity index (χ2n) is 14.5. The molecule has 11 nitrogen and oxygen atoms in total. The number of benzene rings is 2. The molecule has 2 aromatic carbocycles. The molecule has 2 aromatic heterocycles. The molecule has 12 heteroatoms. The number of amides is 1. The second-order valence-corrected chi connectivity index (χ2v) is 18.5. The van der Waals surface area contributed by atoms with Crippen LogP contribution in [-0.2, 0) is 28.1 Å². The minimum atomic E-state index is -2.90. The van der Waals surface area contributed by atoms with E-state index in [1.54, 1.807) is 21.8 Å². The molecule has 2 aliphatic rings. The number of ether oxygens (including phenoxy) is 1. The zero-order chi connectivity index (χ0) is 35.8. The van der Waals surface area contributed by atoms with Crippen molar-refractivity contribution in [2.75, 3.05) is 18.1 Å². The molecule has 4 aromatic rings. The Hall–Kier alpha value is -4.23. The van der Waals surface area contributed by atoms with Gasteiger partial charge in [0.1, 0.15) is 0 Å². The minimum Gasteiger partial charge on any atom is -0.432 e.